The van der Waals surface area contributed by atoms with E-state index in [1.54, 1.807) is 7.11 Å². The number of ether oxygens (including phenoxy) is 1. The van der Waals surface area contributed by atoms with Crippen molar-refractivity contribution >= 4 is 0 Å². The summed E-state index contributed by atoms with van der Waals surface area (Å²) in [6, 6.07) is 2.05. The highest BCUT2D eigenvalue weighted by Gasteiger charge is 2.31. The van der Waals surface area contributed by atoms with E-state index in [2.05, 4.69) is 0 Å². The average Bonchev–Trinajstić information content (AvgIpc) is 2.59. The van der Waals surface area contributed by atoms with Crippen LogP contribution in [0.15, 0.2) is 35.1 Å². The molecule has 1 aliphatic carbocycles. The number of phenolic OH excluding ortho intramolecular Hbond substituents is 2. The van der Waals surface area contributed by atoms with Gasteiger partial charge < -0.3 is 20.1 Å². The van der Waals surface area contributed by atoms with Gasteiger partial charge >= 0.3 is 0 Å². The Hall–Kier alpha value is -2.05. The SMILES string of the molecule is COC1=CCC2=C(CCN(CO)C2Cc2cc(O)c(O)cc2F)C1. The van der Waals surface area contributed by atoms with Crippen LogP contribution in [-0.4, -0.2) is 46.6 Å². The van der Waals surface area contributed by atoms with Crippen molar-refractivity contribution in [3.63, 3.8) is 0 Å². The van der Waals surface area contributed by atoms with Gasteiger partial charge in [0, 0.05) is 25.1 Å². The number of rotatable bonds is 4. The minimum absolute atomic E-state index is 0.103. The topological polar surface area (TPSA) is 73.2 Å². The van der Waals surface area contributed by atoms with Crippen LogP contribution in [0.5, 0.6) is 11.5 Å². The van der Waals surface area contributed by atoms with Crippen molar-refractivity contribution < 1.29 is 24.4 Å². The van der Waals surface area contributed by atoms with Gasteiger partial charge in [0.25, 0.3) is 0 Å². The zero-order chi connectivity index (χ0) is 17.3. The van der Waals surface area contributed by atoms with Crippen LogP contribution in [0, 0.1) is 5.82 Å². The fourth-order valence-corrected chi connectivity index (χ4v) is 3.58. The Morgan fingerprint density at radius 3 is 2.75 bits per heavy atom. The van der Waals surface area contributed by atoms with Gasteiger partial charge in [0.1, 0.15) is 5.82 Å². The van der Waals surface area contributed by atoms with Crippen LogP contribution in [-0.2, 0) is 11.2 Å². The summed E-state index contributed by atoms with van der Waals surface area (Å²) in [4.78, 5) is 1.91. The van der Waals surface area contributed by atoms with E-state index in [1.807, 2.05) is 11.0 Å². The number of allylic oxidation sites excluding steroid dienone is 2. The number of aromatic hydroxyl groups is 2. The van der Waals surface area contributed by atoms with E-state index in [1.165, 1.54) is 17.2 Å². The molecule has 1 aliphatic heterocycles. The van der Waals surface area contributed by atoms with E-state index in [9.17, 15) is 19.7 Å². The van der Waals surface area contributed by atoms with E-state index in [0.29, 0.717) is 24.9 Å². The van der Waals surface area contributed by atoms with Crippen molar-refractivity contribution in [2.75, 3.05) is 20.4 Å². The second-order valence-corrected chi connectivity index (χ2v) is 6.24. The minimum Gasteiger partial charge on any atom is -0.504 e. The molecule has 6 heteroatoms. The van der Waals surface area contributed by atoms with E-state index >= 15 is 0 Å². The van der Waals surface area contributed by atoms with Crippen molar-refractivity contribution in [1.82, 2.24) is 4.90 Å². The first kappa shape index (κ1) is 16.8. The molecule has 130 valence electrons. The van der Waals surface area contributed by atoms with Gasteiger partial charge in [-0.2, -0.15) is 0 Å². The van der Waals surface area contributed by atoms with Crippen molar-refractivity contribution in [2.24, 2.45) is 0 Å². The first-order valence-corrected chi connectivity index (χ1v) is 8.02. The second kappa shape index (κ2) is 6.83. The average molecular weight is 335 g/mol. The number of benzene rings is 1. The maximum absolute atomic E-state index is 14.2. The highest BCUT2D eigenvalue weighted by atomic mass is 19.1. The molecule has 5 nitrogen and oxygen atoms in total. The van der Waals surface area contributed by atoms with Gasteiger partial charge in [-0.3, -0.25) is 4.90 Å². The number of hydrogen-bond donors (Lipinski definition) is 3. The third-order valence-electron chi connectivity index (χ3n) is 4.94. The molecule has 1 heterocycles. The van der Waals surface area contributed by atoms with Crippen molar-refractivity contribution in [1.29, 1.82) is 0 Å². The summed E-state index contributed by atoms with van der Waals surface area (Å²) >= 11 is 0. The standard InChI is InChI=1S/C18H22FNO4/c1-24-13-2-3-14-11(6-13)4-5-20(10-21)16(14)7-12-8-17(22)18(23)9-15(12)19/h2,8-9,16,21-23H,3-7,10H2,1H3. The number of nitrogens with zero attached hydrogens (tertiary/aromatic N) is 1. The van der Waals surface area contributed by atoms with Gasteiger partial charge in [-0.25, -0.2) is 4.39 Å². The molecule has 24 heavy (non-hydrogen) atoms. The lowest BCUT2D eigenvalue weighted by molar-refractivity contribution is 0.0720. The highest BCUT2D eigenvalue weighted by Crippen LogP contribution is 2.37. The minimum atomic E-state index is -0.556. The Morgan fingerprint density at radius 2 is 2.04 bits per heavy atom. The molecule has 1 atom stereocenters. The Morgan fingerprint density at radius 1 is 1.29 bits per heavy atom. The van der Waals surface area contributed by atoms with Crippen LogP contribution in [0.2, 0.25) is 0 Å². The molecule has 2 aliphatic rings. The Kier molecular flexibility index (Phi) is 4.78. The Labute approximate surface area is 140 Å². The van der Waals surface area contributed by atoms with E-state index in [4.69, 9.17) is 4.74 Å². The first-order chi connectivity index (χ1) is 11.5. The van der Waals surface area contributed by atoms with Gasteiger partial charge in [0.15, 0.2) is 11.5 Å². The van der Waals surface area contributed by atoms with Crippen LogP contribution in [0.1, 0.15) is 24.8 Å². The fraction of sp³-hybridized carbons (Fsp3) is 0.444. The van der Waals surface area contributed by atoms with Crippen molar-refractivity contribution in [3.8, 4) is 11.5 Å². The van der Waals surface area contributed by atoms with Gasteiger partial charge in [-0.1, -0.05) is 5.57 Å². The van der Waals surface area contributed by atoms with Gasteiger partial charge in [0.2, 0.25) is 0 Å². The second-order valence-electron chi connectivity index (χ2n) is 6.24. The van der Waals surface area contributed by atoms with Crippen molar-refractivity contribution in [2.45, 2.75) is 31.7 Å². The number of halogens is 1. The van der Waals surface area contributed by atoms with Crippen LogP contribution in [0.3, 0.4) is 0 Å². The van der Waals surface area contributed by atoms with Gasteiger partial charge in [-0.15, -0.1) is 0 Å². The largest absolute Gasteiger partial charge is 0.504 e. The quantitative estimate of drug-likeness (QED) is 0.582. The zero-order valence-electron chi connectivity index (χ0n) is 13.6. The number of aliphatic hydroxyl groups is 1. The smallest absolute Gasteiger partial charge is 0.160 e. The molecular weight excluding hydrogens is 313 g/mol. The lowest BCUT2D eigenvalue weighted by Gasteiger charge is -2.39. The summed E-state index contributed by atoms with van der Waals surface area (Å²) in [5, 5.41) is 28.7. The maximum atomic E-state index is 14.2. The predicted molar refractivity (Wildman–Crippen MR) is 87.0 cm³/mol. The zero-order valence-corrected chi connectivity index (χ0v) is 13.6. The summed E-state index contributed by atoms with van der Waals surface area (Å²) in [6.45, 7) is 0.594. The molecule has 0 amide bonds. The van der Waals surface area contributed by atoms with Gasteiger partial charge in [-0.05, 0) is 42.5 Å². The summed E-state index contributed by atoms with van der Waals surface area (Å²) in [5.74, 6) is -0.417. The molecule has 3 rings (SSSR count). The fourth-order valence-electron chi connectivity index (χ4n) is 3.58. The van der Waals surface area contributed by atoms with E-state index < -0.39 is 11.6 Å². The Bertz CT molecular complexity index is 699. The molecule has 1 aromatic carbocycles. The molecular formula is C18H22FNO4. The monoisotopic (exact) mass is 335 g/mol. The molecule has 1 aromatic rings. The number of aliphatic hydroxyl groups excluding tert-OH is 1. The van der Waals surface area contributed by atoms with Crippen LogP contribution < -0.4 is 0 Å². The third-order valence-corrected chi connectivity index (χ3v) is 4.94. The summed E-state index contributed by atoms with van der Waals surface area (Å²) < 4.78 is 19.5. The third kappa shape index (κ3) is 3.12. The normalized spacial score (nSPS) is 21.5. The molecule has 1 unspecified atom stereocenters. The van der Waals surface area contributed by atoms with Crippen LogP contribution >= 0.6 is 0 Å². The molecule has 0 aromatic heterocycles. The lowest BCUT2D eigenvalue weighted by Crippen LogP contribution is -2.44. The van der Waals surface area contributed by atoms with E-state index in [-0.39, 0.29) is 18.5 Å². The molecule has 3 N–H and O–H groups in total. The molecule has 0 saturated heterocycles. The molecule has 0 spiro atoms. The maximum Gasteiger partial charge on any atom is 0.160 e. The first-order valence-electron chi connectivity index (χ1n) is 8.02. The molecule has 0 fully saturated rings. The predicted octanol–water partition coefficient (Wildman–Crippen LogP) is 2.42. The van der Waals surface area contributed by atoms with Gasteiger partial charge in [0.05, 0.1) is 19.6 Å². The van der Waals surface area contributed by atoms with Crippen LogP contribution in [0.25, 0.3) is 0 Å². The number of phenols is 2. The molecule has 0 bridgehead atoms. The summed E-state index contributed by atoms with van der Waals surface area (Å²) in [7, 11) is 1.66. The van der Waals surface area contributed by atoms with Crippen LogP contribution in [0.4, 0.5) is 4.39 Å². The Balaban J connectivity index is 1.90. The van der Waals surface area contributed by atoms with E-state index in [0.717, 1.165) is 24.7 Å². The number of hydrogen-bond acceptors (Lipinski definition) is 5. The summed E-state index contributed by atoms with van der Waals surface area (Å²) in [5.41, 5.74) is 2.79. The molecule has 0 radical (unpaired) electrons. The van der Waals surface area contributed by atoms with Crippen molar-refractivity contribution in [3.05, 3.63) is 46.5 Å². The number of methoxy groups -OCH3 is 1. The lowest BCUT2D eigenvalue weighted by atomic mass is 9.82. The highest BCUT2D eigenvalue weighted by molar-refractivity contribution is 5.43. The molecule has 0 saturated carbocycles. The summed E-state index contributed by atoms with van der Waals surface area (Å²) in [6.07, 6.45) is 4.68.